The first kappa shape index (κ1) is 90.5. The predicted octanol–water partition coefficient (Wildman–Crippen LogP) is 21.0. The van der Waals surface area contributed by atoms with E-state index in [-0.39, 0.29) is 25.7 Å². The maximum atomic E-state index is 13.1. The first-order valence-corrected chi connectivity index (χ1v) is 40.7. The van der Waals surface area contributed by atoms with Crippen LogP contribution in [0.25, 0.3) is 0 Å². The monoisotopic (exact) mass is 1360 g/mol. The molecule has 0 radical (unpaired) electrons. The quantitative estimate of drug-likeness (QED) is 0.0169. The lowest BCUT2D eigenvalue weighted by Crippen LogP contribution is -2.30. The van der Waals surface area contributed by atoms with Gasteiger partial charge in [0.05, 0.1) is 26.4 Å². The molecule has 0 amide bonds. The minimum atomic E-state index is -4.96. The van der Waals surface area contributed by atoms with Gasteiger partial charge in [-0.15, -0.1) is 0 Å². The van der Waals surface area contributed by atoms with E-state index in [0.29, 0.717) is 37.5 Å². The Morgan fingerprint density at radius 1 is 0.333 bits per heavy atom. The number of rotatable bonds is 70. The number of phosphoric ester groups is 2. The highest BCUT2D eigenvalue weighted by Crippen LogP contribution is 2.45. The molecule has 0 aromatic rings. The average molecular weight is 1360 g/mol. The number of allylic oxidation sites excluding steroid dienone is 4. The molecule has 0 aromatic carbocycles. The summed E-state index contributed by atoms with van der Waals surface area (Å²) in [5.41, 5.74) is 0. The summed E-state index contributed by atoms with van der Waals surface area (Å²) in [5.74, 6) is 0.0433. The number of carbonyl (C=O) groups is 4. The average Bonchev–Trinajstić information content (AvgIpc) is 2.31. The highest BCUT2D eigenvalue weighted by atomic mass is 31.2. The van der Waals surface area contributed by atoms with E-state index in [2.05, 4.69) is 72.8 Å². The molecule has 0 aromatic heterocycles. The smallest absolute Gasteiger partial charge is 0.462 e. The summed E-state index contributed by atoms with van der Waals surface area (Å²) in [7, 11) is -9.92. The van der Waals surface area contributed by atoms with E-state index in [1.165, 1.54) is 135 Å². The maximum absolute atomic E-state index is 13.1. The fourth-order valence-electron chi connectivity index (χ4n) is 10.7. The number of carbonyl (C=O) groups excluding carboxylic acids is 4. The molecular weight excluding hydrogens is 1220 g/mol. The van der Waals surface area contributed by atoms with Crippen molar-refractivity contribution in [3.05, 3.63) is 24.3 Å². The van der Waals surface area contributed by atoms with Crippen molar-refractivity contribution in [1.29, 1.82) is 0 Å². The van der Waals surface area contributed by atoms with E-state index in [0.717, 1.165) is 121 Å². The standard InChI is InChI=1S/C74H140O17P2/c1-8-9-10-11-12-13-14-15-17-21-24-27-34-41-48-55-71(76)84-61-69(90-73(78)57-50-43-35-28-25-22-19-16-18-20-23-26-31-38-45-52-65(2)3)63-88-92(80,81)86-59-68(75)60-87-93(82,83)89-64-70(91-74(79)58-51-44-37-30-33-40-47-54-67(6)7)62-85-72(77)56-49-42-36-29-32-39-46-53-66(4)5/h13-15,17,65-70,75H,8-12,16,18-64H2,1-7H3,(H,80,81)(H,82,83)/b14-13-,17-15-/t68?,69-,70-/m1/s1. The Morgan fingerprint density at radius 3 is 0.871 bits per heavy atom. The molecule has 3 N–H and O–H groups in total. The number of phosphoric acid groups is 2. The highest BCUT2D eigenvalue weighted by Gasteiger charge is 2.30. The normalized spacial score (nSPS) is 14.3. The topological polar surface area (TPSA) is 237 Å². The summed E-state index contributed by atoms with van der Waals surface area (Å²) in [4.78, 5) is 72.6. The SMILES string of the molecule is CCCCCC/C=C\C=C/CCCCCCCC(=O)OC[C@H](COP(=O)(O)OCC(O)COP(=O)(O)OC[C@@H](COC(=O)CCCCCCCCCC(C)C)OC(=O)CCCCCCCCCC(C)C)OC(=O)CCCCCCCCCCCCCCCCCC(C)C. The van der Waals surface area contributed by atoms with Crippen LogP contribution in [-0.4, -0.2) is 96.7 Å². The van der Waals surface area contributed by atoms with Crippen LogP contribution in [0, 0.1) is 17.8 Å². The molecule has 0 bridgehead atoms. The van der Waals surface area contributed by atoms with Crippen molar-refractivity contribution in [2.45, 2.75) is 369 Å². The zero-order valence-corrected chi connectivity index (χ0v) is 62.0. The van der Waals surface area contributed by atoms with Crippen LogP contribution in [0.2, 0.25) is 0 Å². The van der Waals surface area contributed by atoms with Gasteiger partial charge in [0.15, 0.2) is 12.2 Å². The van der Waals surface area contributed by atoms with Gasteiger partial charge in [-0.25, -0.2) is 9.13 Å². The lowest BCUT2D eigenvalue weighted by Gasteiger charge is -2.21. The second-order valence-electron chi connectivity index (χ2n) is 27.4. The van der Waals surface area contributed by atoms with Gasteiger partial charge < -0.3 is 33.8 Å². The predicted molar refractivity (Wildman–Crippen MR) is 377 cm³/mol. The molecule has 19 heteroatoms. The number of aliphatic hydroxyl groups is 1. The summed E-state index contributed by atoms with van der Waals surface area (Å²) in [5, 5.41) is 10.6. The fourth-order valence-corrected chi connectivity index (χ4v) is 12.3. The van der Waals surface area contributed by atoms with Crippen LogP contribution < -0.4 is 0 Å². The molecule has 0 spiro atoms. The van der Waals surface area contributed by atoms with Crippen molar-refractivity contribution >= 4 is 39.5 Å². The van der Waals surface area contributed by atoms with Gasteiger partial charge in [-0.05, 0) is 69.1 Å². The number of esters is 4. The van der Waals surface area contributed by atoms with Gasteiger partial charge in [0, 0.05) is 25.7 Å². The number of hydrogen-bond acceptors (Lipinski definition) is 15. The highest BCUT2D eigenvalue weighted by molar-refractivity contribution is 7.47. The fraction of sp³-hybridized carbons (Fsp3) is 0.892. The number of unbranched alkanes of at least 4 members (excludes halogenated alkanes) is 35. The van der Waals surface area contributed by atoms with Crippen molar-refractivity contribution in [1.82, 2.24) is 0 Å². The molecule has 5 atom stereocenters. The molecule has 0 heterocycles. The van der Waals surface area contributed by atoms with Crippen molar-refractivity contribution in [3.63, 3.8) is 0 Å². The van der Waals surface area contributed by atoms with Gasteiger partial charge in [0.2, 0.25) is 0 Å². The van der Waals surface area contributed by atoms with E-state index in [1.807, 2.05) is 0 Å². The molecule has 0 aliphatic heterocycles. The third-order valence-corrected chi connectivity index (χ3v) is 18.4. The minimum absolute atomic E-state index is 0.100. The van der Waals surface area contributed by atoms with Gasteiger partial charge >= 0.3 is 39.5 Å². The van der Waals surface area contributed by atoms with Crippen LogP contribution in [0.4, 0.5) is 0 Å². The second kappa shape index (κ2) is 64.2. The molecule has 0 saturated carbocycles. The number of aliphatic hydroxyl groups excluding tert-OH is 1. The number of hydrogen-bond donors (Lipinski definition) is 3. The summed E-state index contributed by atoms with van der Waals surface area (Å²) in [6.07, 6.45) is 52.4. The van der Waals surface area contributed by atoms with Gasteiger partial charge in [0.1, 0.15) is 19.3 Å². The molecule has 0 rings (SSSR count). The van der Waals surface area contributed by atoms with Crippen molar-refractivity contribution in [2.75, 3.05) is 39.6 Å². The molecular formula is C74H140O17P2. The molecule has 0 fully saturated rings. The van der Waals surface area contributed by atoms with Crippen molar-refractivity contribution < 1.29 is 80.2 Å². The molecule has 0 saturated heterocycles. The van der Waals surface area contributed by atoms with E-state index in [1.54, 1.807) is 0 Å². The molecule has 0 aliphatic rings. The Morgan fingerprint density at radius 2 is 0.581 bits per heavy atom. The van der Waals surface area contributed by atoms with Crippen molar-refractivity contribution in [2.24, 2.45) is 17.8 Å². The third kappa shape index (κ3) is 67.9. The van der Waals surface area contributed by atoms with Gasteiger partial charge in [-0.2, -0.15) is 0 Å². The van der Waals surface area contributed by atoms with E-state index in [4.69, 9.17) is 37.0 Å². The Kier molecular flexibility index (Phi) is 62.5. The van der Waals surface area contributed by atoms with E-state index in [9.17, 15) is 43.2 Å². The Labute approximate surface area is 567 Å². The van der Waals surface area contributed by atoms with Crippen LogP contribution in [0.15, 0.2) is 24.3 Å². The van der Waals surface area contributed by atoms with E-state index >= 15 is 0 Å². The first-order valence-electron chi connectivity index (χ1n) is 37.7. The van der Waals surface area contributed by atoms with Crippen LogP contribution >= 0.6 is 15.6 Å². The van der Waals surface area contributed by atoms with Crippen LogP contribution in [0.5, 0.6) is 0 Å². The zero-order chi connectivity index (χ0) is 68.7. The third-order valence-electron chi connectivity index (χ3n) is 16.5. The van der Waals surface area contributed by atoms with Gasteiger partial charge in [-0.1, -0.05) is 297 Å². The summed E-state index contributed by atoms with van der Waals surface area (Å²) in [6.45, 7) is 11.7. The lowest BCUT2D eigenvalue weighted by atomic mass is 10.0. The zero-order valence-electron chi connectivity index (χ0n) is 60.2. The largest absolute Gasteiger partial charge is 0.472 e. The van der Waals surface area contributed by atoms with Crippen LogP contribution in [0.1, 0.15) is 350 Å². The van der Waals surface area contributed by atoms with Gasteiger partial charge in [-0.3, -0.25) is 37.3 Å². The molecule has 93 heavy (non-hydrogen) atoms. The second-order valence-corrected chi connectivity index (χ2v) is 30.3. The van der Waals surface area contributed by atoms with Crippen LogP contribution in [-0.2, 0) is 65.4 Å². The Bertz CT molecular complexity index is 1910. The van der Waals surface area contributed by atoms with E-state index < -0.39 is 97.5 Å². The minimum Gasteiger partial charge on any atom is -0.462 e. The Balaban J connectivity index is 5.26. The van der Waals surface area contributed by atoms with Gasteiger partial charge in [0.25, 0.3) is 0 Å². The molecule has 548 valence electrons. The summed E-state index contributed by atoms with van der Waals surface area (Å²) in [6, 6.07) is 0. The maximum Gasteiger partial charge on any atom is 0.472 e. The van der Waals surface area contributed by atoms with Crippen LogP contribution in [0.3, 0.4) is 0 Å². The van der Waals surface area contributed by atoms with Crippen molar-refractivity contribution in [3.8, 4) is 0 Å². The first-order chi connectivity index (χ1) is 44.7. The summed E-state index contributed by atoms with van der Waals surface area (Å²) < 4.78 is 68.3. The molecule has 17 nitrogen and oxygen atoms in total. The molecule has 3 unspecified atom stereocenters. The molecule has 0 aliphatic carbocycles. The lowest BCUT2D eigenvalue weighted by molar-refractivity contribution is -0.161. The Hall–Kier alpha value is -2.46. The number of ether oxygens (including phenoxy) is 4. The summed E-state index contributed by atoms with van der Waals surface area (Å²) >= 11 is 0.